The molecule has 0 aromatic heterocycles. The van der Waals surface area contributed by atoms with Crippen LogP contribution >= 0.6 is 0 Å². The van der Waals surface area contributed by atoms with Gasteiger partial charge in [-0.2, -0.15) is 0 Å². The lowest BCUT2D eigenvalue weighted by Crippen LogP contribution is -2.09. The van der Waals surface area contributed by atoms with Gasteiger partial charge in [-0.1, -0.05) is 218 Å². The van der Waals surface area contributed by atoms with Gasteiger partial charge < -0.3 is 4.90 Å². The van der Waals surface area contributed by atoms with Crippen molar-refractivity contribution in [3.8, 4) is 77.9 Å². The summed E-state index contributed by atoms with van der Waals surface area (Å²) >= 11 is 0. The number of anilines is 3. The second-order valence-corrected chi connectivity index (χ2v) is 15.3. The van der Waals surface area contributed by atoms with Gasteiger partial charge in [0.05, 0.1) is 0 Å². The third-order valence-corrected chi connectivity index (χ3v) is 11.5. The summed E-state index contributed by atoms with van der Waals surface area (Å²) in [4.78, 5) is 2.36. The smallest absolute Gasteiger partial charge is 0.0462 e. The topological polar surface area (TPSA) is 3.24 Å². The molecule has 0 unspecified atom stereocenters. The van der Waals surface area contributed by atoms with Gasteiger partial charge in [-0.3, -0.25) is 0 Å². The first-order valence-electron chi connectivity index (χ1n) is 20.9. The predicted molar refractivity (Wildman–Crippen MR) is 259 cm³/mol. The summed E-state index contributed by atoms with van der Waals surface area (Å²) in [5.74, 6) is 0. The molecule has 0 bridgehead atoms. The van der Waals surface area contributed by atoms with Crippen molar-refractivity contribution >= 4 is 17.1 Å². The second kappa shape index (κ2) is 17.1. The molecule has 0 heterocycles. The van der Waals surface area contributed by atoms with E-state index in [-0.39, 0.29) is 0 Å². The lowest BCUT2D eigenvalue weighted by molar-refractivity contribution is 1.28. The molecule has 61 heavy (non-hydrogen) atoms. The van der Waals surface area contributed by atoms with E-state index in [1.807, 2.05) is 0 Å². The second-order valence-electron chi connectivity index (χ2n) is 15.3. The largest absolute Gasteiger partial charge is 0.311 e. The fraction of sp³-hybridized carbons (Fsp3) is 0. The average molecular weight is 778 g/mol. The minimum atomic E-state index is 1.08. The molecular weight excluding hydrogens is 735 g/mol. The van der Waals surface area contributed by atoms with Crippen molar-refractivity contribution in [2.75, 3.05) is 4.90 Å². The molecule has 10 aromatic rings. The third kappa shape index (κ3) is 7.81. The van der Waals surface area contributed by atoms with Crippen LogP contribution in [0.4, 0.5) is 17.1 Å². The van der Waals surface area contributed by atoms with Gasteiger partial charge in [0.25, 0.3) is 0 Å². The van der Waals surface area contributed by atoms with E-state index in [1.54, 1.807) is 0 Å². The highest BCUT2D eigenvalue weighted by molar-refractivity contribution is 5.95. The molecule has 1 nitrogen and oxygen atoms in total. The molecule has 10 aromatic carbocycles. The molecule has 0 aliphatic heterocycles. The minimum absolute atomic E-state index is 1.08. The zero-order valence-corrected chi connectivity index (χ0v) is 33.8. The Bertz CT molecular complexity index is 3000. The Morgan fingerprint density at radius 1 is 0.180 bits per heavy atom. The summed E-state index contributed by atoms with van der Waals surface area (Å²) < 4.78 is 0. The van der Waals surface area contributed by atoms with Crippen molar-refractivity contribution < 1.29 is 0 Å². The molecule has 0 N–H and O–H groups in total. The number of benzene rings is 10. The fourth-order valence-corrected chi connectivity index (χ4v) is 8.49. The molecule has 0 aliphatic carbocycles. The van der Waals surface area contributed by atoms with E-state index in [0.717, 1.165) is 17.1 Å². The van der Waals surface area contributed by atoms with Crippen molar-refractivity contribution in [1.29, 1.82) is 0 Å². The molecule has 288 valence electrons. The lowest BCUT2D eigenvalue weighted by atomic mass is 9.87. The number of hydrogen-bond donors (Lipinski definition) is 0. The van der Waals surface area contributed by atoms with Gasteiger partial charge in [-0.15, -0.1) is 0 Å². The van der Waals surface area contributed by atoms with Crippen molar-refractivity contribution in [3.63, 3.8) is 0 Å². The van der Waals surface area contributed by atoms with E-state index in [1.165, 1.54) is 77.9 Å². The van der Waals surface area contributed by atoms with Crippen LogP contribution in [0.5, 0.6) is 0 Å². The first-order valence-corrected chi connectivity index (χ1v) is 20.9. The van der Waals surface area contributed by atoms with Gasteiger partial charge >= 0.3 is 0 Å². The Morgan fingerprint density at radius 2 is 0.492 bits per heavy atom. The molecule has 0 radical (unpaired) electrons. The van der Waals surface area contributed by atoms with Crippen LogP contribution in [0.3, 0.4) is 0 Å². The van der Waals surface area contributed by atoms with Crippen LogP contribution in [0, 0.1) is 0 Å². The van der Waals surface area contributed by atoms with Gasteiger partial charge in [-0.05, 0) is 120 Å². The zero-order valence-electron chi connectivity index (χ0n) is 33.8. The van der Waals surface area contributed by atoms with Crippen LogP contribution < -0.4 is 4.90 Å². The van der Waals surface area contributed by atoms with Crippen LogP contribution in [-0.4, -0.2) is 0 Å². The highest BCUT2D eigenvalue weighted by Gasteiger charge is 2.18. The van der Waals surface area contributed by atoms with Gasteiger partial charge in [0.2, 0.25) is 0 Å². The van der Waals surface area contributed by atoms with E-state index < -0.39 is 0 Å². The molecule has 0 saturated heterocycles. The summed E-state index contributed by atoms with van der Waals surface area (Å²) in [6.45, 7) is 0. The van der Waals surface area contributed by atoms with E-state index in [9.17, 15) is 0 Å². The summed E-state index contributed by atoms with van der Waals surface area (Å²) in [6.07, 6.45) is 0. The van der Waals surface area contributed by atoms with Crippen molar-refractivity contribution in [2.24, 2.45) is 0 Å². The standard InChI is InChI=1S/C60H43N/c1-6-17-44(18-7-1)46-29-36-53(37-30-46)61(54-38-31-49(32-39-54)56-42-35-52(45-19-8-2-9-20-45)43-59(56)48-23-12-4-13-24-48)55-40-33-50(34-41-55)58-28-16-27-57(47-21-10-3-11-22-47)60(58)51-25-14-5-15-26-51/h1-43H. The van der Waals surface area contributed by atoms with Gasteiger partial charge in [-0.25, -0.2) is 0 Å². The van der Waals surface area contributed by atoms with Crippen LogP contribution in [0.15, 0.2) is 261 Å². The van der Waals surface area contributed by atoms with Crippen LogP contribution in [0.25, 0.3) is 77.9 Å². The van der Waals surface area contributed by atoms with E-state index in [2.05, 4.69) is 266 Å². The Kier molecular flexibility index (Phi) is 10.4. The van der Waals surface area contributed by atoms with Crippen molar-refractivity contribution in [3.05, 3.63) is 261 Å². The quantitative estimate of drug-likeness (QED) is 0.134. The molecule has 0 amide bonds. The van der Waals surface area contributed by atoms with Crippen molar-refractivity contribution in [2.45, 2.75) is 0 Å². The van der Waals surface area contributed by atoms with Gasteiger partial charge in [0, 0.05) is 17.1 Å². The predicted octanol–water partition coefficient (Wildman–Crippen LogP) is 16.8. The summed E-state index contributed by atoms with van der Waals surface area (Å²) in [5.41, 5.74) is 20.1. The molecule has 0 spiro atoms. The SMILES string of the molecule is c1ccc(-c2ccc(N(c3ccc(-c4ccc(-c5ccccc5)cc4-c4ccccc4)cc3)c3ccc(-c4cccc(-c5ccccc5)c4-c4ccccc4)cc3)cc2)cc1. The molecule has 0 fully saturated rings. The maximum atomic E-state index is 2.36. The molecule has 0 saturated carbocycles. The summed E-state index contributed by atoms with van der Waals surface area (Å²) in [5, 5.41) is 0. The number of nitrogens with zero attached hydrogens (tertiary/aromatic N) is 1. The molecule has 0 atom stereocenters. The maximum absolute atomic E-state index is 2.36. The van der Waals surface area contributed by atoms with E-state index >= 15 is 0 Å². The van der Waals surface area contributed by atoms with Gasteiger partial charge in [0.15, 0.2) is 0 Å². The van der Waals surface area contributed by atoms with Crippen LogP contribution in [-0.2, 0) is 0 Å². The molecular formula is C60H43N. The van der Waals surface area contributed by atoms with Gasteiger partial charge in [0.1, 0.15) is 0 Å². The first-order chi connectivity index (χ1) is 30.3. The van der Waals surface area contributed by atoms with Crippen molar-refractivity contribution in [1.82, 2.24) is 0 Å². The Morgan fingerprint density at radius 3 is 0.951 bits per heavy atom. The molecule has 10 rings (SSSR count). The fourth-order valence-electron chi connectivity index (χ4n) is 8.49. The zero-order chi connectivity index (χ0) is 40.8. The summed E-state index contributed by atoms with van der Waals surface area (Å²) in [6, 6.07) is 93.9. The highest BCUT2D eigenvalue weighted by Crippen LogP contribution is 2.43. The minimum Gasteiger partial charge on any atom is -0.311 e. The Hall–Kier alpha value is -8.00. The molecule has 0 aliphatic rings. The van der Waals surface area contributed by atoms with E-state index in [4.69, 9.17) is 0 Å². The first kappa shape index (κ1) is 37.3. The Balaban J connectivity index is 1.06. The third-order valence-electron chi connectivity index (χ3n) is 11.5. The lowest BCUT2D eigenvalue weighted by Gasteiger charge is -2.26. The highest BCUT2D eigenvalue weighted by atomic mass is 15.1. The number of hydrogen-bond acceptors (Lipinski definition) is 1. The summed E-state index contributed by atoms with van der Waals surface area (Å²) in [7, 11) is 0. The normalized spacial score (nSPS) is 11.0. The van der Waals surface area contributed by atoms with E-state index in [0.29, 0.717) is 0 Å². The van der Waals surface area contributed by atoms with Crippen LogP contribution in [0.2, 0.25) is 0 Å². The molecule has 1 heteroatoms. The Labute approximate surface area is 359 Å². The monoisotopic (exact) mass is 777 g/mol. The average Bonchev–Trinajstić information content (AvgIpc) is 3.36. The number of rotatable bonds is 10. The van der Waals surface area contributed by atoms with Crippen LogP contribution in [0.1, 0.15) is 0 Å². The maximum Gasteiger partial charge on any atom is 0.0462 e.